The molecule has 1 aliphatic rings. The monoisotopic (exact) mass is 258 g/mol. The van der Waals surface area contributed by atoms with Crippen LogP contribution in [0.1, 0.15) is 33.6 Å². The largest absolute Gasteiger partial charge is 0.465 e. The van der Waals surface area contributed by atoms with E-state index < -0.39 is 0 Å². The van der Waals surface area contributed by atoms with E-state index in [1.165, 1.54) is 12.8 Å². The number of amidine groups is 1. The highest BCUT2D eigenvalue weighted by atomic mass is 32.2. The molecule has 0 aromatic rings. The normalized spacial score (nSPS) is 19.3. The number of hydrogen-bond acceptors (Lipinski definition) is 5. The zero-order chi connectivity index (χ0) is 12.7. The van der Waals surface area contributed by atoms with Crippen molar-refractivity contribution in [3.05, 3.63) is 0 Å². The van der Waals surface area contributed by atoms with Crippen LogP contribution in [0.5, 0.6) is 0 Å². The highest BCUT2D eigenvalue weighted by Gasteiger charge is 2.25. The molecule has 4 nitrogen and oxygen atoms in total. The third kappa shape index (κ3) is 4.58. The summed E-state index contributed by atoms with van der Waals surface area (Å²) in [5.41, 5.74) is 0. The topological polar surface area (TPSA) is 50.7 Å². The molecule has 1 heterocycles. The summed E-state index contributed by atoms with van der Waals surface area (Å²) in [5, 5.41) is 4.49. The summed E-state index contributed by atoms with van der Waals surface area (Å²) < 4.78 is 4.85. The summed E-state index contributed by atoms with van der Waals surface area (Å²) in [6, 6.07) is 0. The van der Waals surface area contributed by atoms with Crippen molar-refractivity contribution in [3.63, 3.8) is 0 Å². The lowest BCUT2D eigenvalue weighted by Gasteiger charge is -2.18. The lowest BCUT2D eigenvalue weighted by Crippen LogP contribution is -2.28. The number of ether oxygens (including phenoxy) is 1. The van der Waals surface area contributed by atoms with Crippen molar-refractivity contribution in [1.29, 1.82) is 0 Å². The Kier molecular flexibility index (Phi) is 6.40. The van der Waals surface area contributed by atoms with Gasteiger partial charge >= 0.3 is 5.97 Å². The minimum atomic E-state index is -0.221. The molecule has 0 aliphatic carbocycles. The summed E-state index contributed by atoms with van der Waals surface area (Å²) in [6.07, 6.45) is 2.38. The molecule has 0 bridgehead atoms. The molecule has 1 atom stereocenters. The van der Waals surface area contributed by atoms with Gasteiger partial charge in [-0.05, 0) is 12.8 Å². The number of esters is 1. The van der Waals surface area contributed by atoms with Gasteiger partial charge in [-0.1, -0.05) is 38.5 Å². The van der Waals surface area contributed by atoms with Crippen molar-refractivity contribution in [3.8, 4) is 0 Å². The molecule has 17 heavy (non-hydrogen) atoms. The number of nitrogens with zero attached hydrogens (tertiary/aromatic N) is 1. The fourth-order valence-corrected chi connectivity index (χ4v) is 3.23. The van der Waals surface area contributed by atoms with Gasteiger partial charge in [-0.25, -0.2) is 0 Å². The molecule has 1 rings (SSSR count). The maximum Gasteiger partial charge on any atom is 0.325 e. The van der Waals surface area contributed by atoms with Gasteiger partial charge in [-0.2, -0.15) is 0 Å². The molecule has 0 radical (unpaired) electrons. The summed E-state index contributed by atoms with van der Waals surface area (Å²) in [4.78, 5) is 15.6. The van der Waals surface area contributed by atoms with Gasteiger partial charge in [0.2, 0.25) is 0 Å². The predicted octanol–water partition coefficient (Wildman–Crippen LogP) is 2.05. The first-order valence-electron chi connectivity index (χ1n) is 6.31. The molecule has 0 spiro atoms. The first-order valence-corrected chi connectivity index (χ1v) is 7.19. The number of hydrogen-bond donors (Lipinski definition) is 1. The second-order valence-corrected chi connectivity index (χ2v) is 5.27. The van der Waals surface area contributed by atoms with Gasteiger partial charge < -0.3 is 10.1 Å². The molecule has 98 valence electrons. The van der Waals surface area contributed by atoms with Crippen LogP contribution in [-0.4, -0.2) is 36.1 Å². The Balaban J connectivity index is 2.27. The number of rotatable bonds is 6. The number of carbonyl (C=O) groups excluding carboxylic acids is 1. The second-order valence-electron chi connectivity index (χ2n) is 4.04. The Bertz CT molecular complexity index is 278. The highest BCUT2D eigenvalue weighted by molar-refractivity contribution is 8.14. The van der Waals surface area contributed by atoms with E-state index in [4.69, 9.17) is 4.74 Å². The zero-order valence-electron chi connectivity index (χ0n) is 10.9. The van der Waals surface area contributed by atoms with Gasteiger partial charge in [0.1, 0.15) is 6.54 Å². The van der Waals surface area contributed by atoms with Gasteiger partial charge in [0, 0.05) is 5.25 Å². The zero-order valence-corrected chi connectivity index (χ0v) is 11.7. The lowest BCUT2D eigenvalue weighted by atomic mass is 9.99. The van der Waals surface area contributed by atoms with Crippen LogP contribution in [0.2, 0.25) is 0 Å². The Morgan fingerprint density at radius 3 is 2.82 bits per heavy atom. The van der Waals surface area contributed by atoms with Gasteiger partial charge in [0.05, 0.1) is 13.2 Å². The smallest absolute Gasteiger partial charge is 0.325 e. The van der Waals surface area contributed by atoms with Crippen LogP contribution in [0.3, 0.4) is 0 Å². The van der Waals surface area contributed by atoms with Gasteiger partial charge in [-0.15, -0.1) is 0 Å². The fourth-order valence-electron chi connectivity index (χ4n) is 1.91. The maximum absolute atomic E-state index is 11.2. The van der Waals surface area contributed by atoms with Crippen molar-refractivity contribution >= 4 is 22.9 Å². The standard InChI is InChI=1S/C12H22N2O2S/c1-4-9(5-2)10-7-13-12(17-10)14-8-11(15)16-6-3/h9-10H,4-8H2,1-3H3,(H,13,14). The molecule has 1 unspecified atom stereocenters. The molecule has 0 fully saturated rings. The molecule has 0 aromatic carbocycles. The number of aliphatic imine (C=N–C) groups is 1. The van der Waals surface area contributed by atoms with E-state index in [0.29, 0.717) is 17.8 Å². The maximum atomic E-state index is 11.2. The van der Waals surface area contributed by atoms with Crippen LogP contribution in [0.25, 0.3) is 0 Å². The first kappa shape index (κ1) is 14.4. The van der Waals surface area contributed by atoms with Crippen molar-refractivity contribution in [2.45, 2.75) is 38.9 Å². The minimum absolute atomic E-state index is 0.218. The van der Waals surface area contributed by atoms with Crippen molar-refractivity contribution < 1.29 is 9.53 Å². The Morgan fingerprint density at radius 1 is 1.53 bits per heavy atom. The van der Waals surface area contributed by atoms with Crippen molar-refractivity contribution in [1.82, 2.24) is 5.32 Å². The molecule has 0 saturated heterocycles. The van der Waals surface area contributed by atoms with E-state index in [1.807, 2.05) is 6.92 Å². The van der Waals surface area contributed by atoms with Crippen molar-refractivity contribution in [2.75, 3.05) is 19.7 Å². The Morgan fingerprint density at radius 2 is 2.24 bits per heavy atom. The first-order chi connectivity index (χ1) is 8.21. The third-order valence-electron chi connectivity index (χ3n) is 2.94. The molecule has 0 amide bonds. The SMILES string of the molecule is CCOC(=O)CNC1=NCC(C(CC)CC)S1. The van der Waals surface area contributed by atoms with E-state index in [2.05, 4.69) is 24.2 Å². The van der Waals surface area contributed by atoms with Crippen LogP contribution in [0, 0.1) is 5.92 Å². The summed E-state index contributed by atoms with van der Waals surface area (Å²) >= 11 is 1.76. The highest BCUT2D eigenvalue weighted by Crippen LogP contribution is 2.30. The molecule has 0 saturated carbocycles. The molecule has 1 N–H and O–H groups in total. The van der Waals surface area contributed by atoms with E-state index in [9.17, 15) is 4.79 Å². The average molecular weight is 258 g/mol. The molecule has 0 aromatic heterocycles. The minimum Gasteiger partial charge on any atom is -0.465 e. The molecule has 1 aliphatic heterocycles. The summed E-state index contributed by atoms with van der Waals surface area (Å²) in [6.45, 7) is 7.76. The number of carbonyl (C=O) groups is 1. The van der Waals surface area contributed by atoms with E-state index in [1.54, 1.807) is 11.8 Å². The Labute approximate surface area is 108 Å². The van der Waals surface area contributed by atoms with Crippen LogP contribution in [-0.2, 0) is 9.53 Å². The van der Waals surface area contributed by atoms with Crippen LogP contribution < -0.4 is 5.32 Å². The number of nitrogens with one attached hydrogen (secondary N) is 1. The van der Waals surface area contributed by atoms with E-state index in [0.717, 1.165) is 11.7 Å². The Hall–Kier alpha value is -0.710. The average Bonchev–Trinajstić information content (AvgIpc) is 2.77. The molecular formula is C12H22N2O2S. The lowest BCUT2D eigenvalue weighted by molar-refractivity contribution is -0.141. The van der Waals surface area contributed by atoms with Crippen molar-refractivity contribution in [2.24, 2.45) is 10.9 Å². The molecular weight excluding hydrogens is 236 g/mol. The number of thioether (sulfide) groups is 1. The summed E-state index contributed by atoms with van der Waals surface area (Å²) in [5.74, 6) is 0.493. The predicted molar refractivity (Wildman–Crippen MR) is 72.4 cm³/mol. The third-order valence-corrected chi connectivity index (χ3v) is 4.28. The van der Waals surface area contributed by atoms with Crippen LogP contribution >= 0.6 is 11.8 Å². The second kappa shape index (κ2) is 7.58. The fraction of sp³-hybridized carbons (Fsp3) is 0.833. The van der Waals surface area contributed by atoms with Gasteiger partial charge in [0.15, 0.2) is 5.17 Å². The summed E-state index contributed by atoms with van der Waals surface area (Å²) in [7, 11) is 0. The van der Waals surface area contributed by atoms with Gasteiger partial charge in [-0.3, -0.25) is 9.79 Å². The van der Waals surface area contributed by atoms with Crippen LogP contribution in [0.15, 0.2) is 4.99 Å². The van der Waals surface area contributed by atoms with E-state index >= 15 is 0 Å². The van der Waals surface area contributed by atoms with E-state index in [-0.39, 0.29) is 12.5 Å². The quantitative estimate of drug-likeness (QED) is 0.741. The van der Waals surface area contributed by atoms with Gasteiger partial charge in [0.25, 0.3) is 0 Å². The molecule has 5 heteroatoms. The van der Waals surface area contributed by atoms with Crippen LogP contribution in [0.4, 0.5) is 0 Å².